The summed E-state index contributed by atoms with van der Waals surface area (Å²) in [7, 11) is -3.76. The molecular formula is C13H19NO4S2. The smallest absolute Gasteiger partial charge is 0.347 e. The topological polar surface area (TPSA) is 83.5 Å². The minimum absolute atomic E-state index is 0.127. The van der Waals surface area contributed by atoms with Crippen LogP contribution in [0.4, 0.5) is 0 Å². The van der Waals surface area contributed by atoms with Gasteiger partial charge in [-0.3, -0.25) is 0 Å². The highest BCUT2D eigenvalue weighted by Crippen LogP contribution is 2.28. The lowest BCUT2D eigenvalue weighted by Gasteiger charge is -2.28. The maximum Gasteiger partial charge on any atom is 0.347 e. The van der Waals surface area contributed by atoms with Crippen LogP contribution in [0.1, 0.15) is 48.7 Å². The fourth-order valence-electron chi connectivity index (χ4n) is 2.70. The maximum absolute atomic E-state index is 12.3. The highest BCUT2D eigenvalue weighted by atomic mass is 32.2. The minimum atomic E-state index is -3.76. The van der Waals surface area contributed by atoms with Gasteiger partial charge < -0.3 is 5.11 Å². The van der Waals surface area contributed by atoms with Gasteiger partial charge in [-0.05, 0) is 37.1 Å². The van der Waals surface area contributed by atoms with E-state index in [4.69, 9.17) is 5.11 Å². The van der Waals surface area contributed by atoms with Crippen LogP contribution in [0.15, 0.2) is 16.3 Å². The van der Waals surface area contributed by atoms with Crippen LogP contribution in [-0.2, 0) is 10.0 Å². The quantitative estimate of drug-likeness (QED) is 0.874. The molecule has 1 aliphatic rings. The monoisotopic (exact) mass is 317 g/mol. The van der Waals surface area contributed by atoms with Crippen molar-refractivity contribution in [1.29, 1.82) is 0 Å². The Morgan fingerprint density at radius 3 is 2.65 bits per heavy atom. The number of aromatic carboxylic acids is 1. The zero-order valence-corrected chi connectivity index (χ0v) is 13.0. The Morgan fingerprint density at radius 1 is 1.40 bits per heavy atom. The number of rotatable bonds is 5. The number of sulfonamides is 1. The summed E-state index contributed by atoms with van der Waals surface area (Å²) in [6, 6.07) is 1.19. The van der Waals surface area contributed by atoms with Gasteiger partial charge in [-0.2, -0.15) is 0 Å². The van der Waals surface area contributed by atoms with Gasteiger partial charge in [0.15, 0.2) is 0 Å². The summed E-state index contributed by atoms with van der Waals surface area (Å²) in [6.07, 6.45) is 5.53. The van der Waals surface area contributed by atoms with Crippen LogP contribution in [0.25, 0.3) is 0 Å². The molecule has 1 atom stereocenters. The van der Waals surface area contributed by atoms with Gasteiger partial charge in [-0.15, -0.1) is 11.3 Å². The van der Waals surface area contributed by atoms with Gasteiger partial charge in [0.1, 0.15) is 9.77 Å². The van der Waals surface area contributed by atoms with E-state index in [1.54, 1.807) is 0 Å². The molecule has 7 heteroatoms. The highest BCUT2D eigenvalue weighted by Gasteiger charge is 2.28. The van der Waals surface area contributed by atoms with Gasteiger partial charge in [0.2, 0.25) is 10.0 Å². The third kappa shape index (κ3) is 3.39. The summed E-state index contributed by atoms with van der Waals surface area (Å²) in [5.41, 5.74) is 0. The summed E-state index contributed by atoms with van der Waals surface area (Å²) in [4.78, 5) is 10.8. The first kappa shape index (κ1) is 15.5. The van der Waals surface area contributed by atoms with Gasteiger partial charge in [-0.1, -0.05) is 19.3 Å². The fourth-order valence-corrected chi connectivity index (χ4v) is 5.28. The minimum Gasteiger partial charge on any atom is -0.477 e. The summed E-state index contributed by atoms with van der Waals surface area (Å²) in [6.45, 7) is 1.86. The Hall–Kier alpha value is -0.920. The second-order valence-corrected chi connectivity index (χ2v) is 7.83. The van der Waals surface area contributed by atoms with Crippen molar-refractivity contribution in [1.82, 2.24) is 4.72 Å². The van der Waals surface area contributed by atoms with Crippen LogP contribution in [0.5, 0.6) is 0 Å². The number of hydrogen-bond acceptors (Lipinski definition) is 4. The molecule has 0 spiro atoms. The van der Waals surface area contributed by atoms with Crippen LogP contribution in [0.3, 0.4) is 0 Å². The molecule has 0 aromatic carbocycles. The van der Waals surface area contributed by atoms with E-state index in [0.29, 0.717) is 5.92 Å². The van der Waals surface area contributed by atoms with E-state index in [-0.39, 0.29) is 15.8 Å². The molecule has 20 heavy (non-hydrogen) atoms. The van der Waals surface area contributed by atoms with E-state index in [1.165, 1.54) is 17.9 Å². The lowest BCUT2D eigenvalue weighted by molar-refractivity contribution is 0.0698. The van der Waals surface area contributed by atoms with E-state index in [1.807, 2.05) is 6.92 Å². The zero-order valence-electron chi connectivity index (χ0n) is 11.3. The molecule has 0 amide bonds. The lowest BCUT2D eigenvalue weighted by atomic mass is 9.85. The summed E-state index contributed by atoms with van der Waals surface area (Å²) in [5.74, 6) is -0.865. The Morgan fingerprint density at radius 2 is 2.05 bits per heavy atom. The predicted octanol–water partition coefficient (Wildman–Crippen LogP) is 2.69. The van der Waals surface area contributed by atoms with Crippen LogP contribution < -0.4 is 4.72 Å². The van der Waals surface area contributed by atoms with E-state index in [0.717, 1.165) is 37.0 Å². The average Bonchev–Trinajstić information content (AvgIpc) is 2.89. The number of thiophene rings is 1. The molecule has 1 aromatic heterocycles. The third-order valence-electron chi connectivity index (χ3n) is 3.81. The number of carbonyl (C=O) groups is 1. The molecular weight excluding hydrogens is 298 g/mol. The summed E-state index contributed by atoms with van der Waals surface area (Å²) < 4.78 is 27.2. The summed E-state index contributed by atoms with van der Waals surface area (Å²) in [5, 5.41) is 10.5. The van der Waals surface area contributed by atoms with Crippen LogP contribution >= 0.6 is 11.3 Å². The number of carboxylic acids is 1. The number of hydrogen-bond donors (Lipinski definition) is 2. The molecule has 1 saturated carbocycles. The predicted molar refractivity (Wildman–Crippen MR) is 77.6 cm³/mol. The Kier molecular flexibility index (Phi) is 4.82. The number of carboxylic acid groups (broad SMARTS) is 1. The first-order chi connectivity index (χ1) is 9.42. The van der Waals surface area contributed by atoms with Crippen molar-refractivity contribution in [3.05, 3.63) is 16.3 Å². The number of nitrogens with one attached hydrogen (secondary N) is 1. The molecule has 2 N–H and O–H groups in total. The van der Waals surface area contributed by atoms with E-state index in [2.05, 4.69) is 4.72 Å². The molecule has 2 rings (SSSR count). The molecule has 5 nitrogen and oxygen atoms in total. The van der Waals surface area contributed by atoms with Gasteiger partial charge in [0, 0.05) is 6.04 Å². The van der Waals surface area contributed by atoms with Gasteiger partial charge >= 0.3 is 5.97 Å². The molecule has 0 bridgehead atoms. The Labute approximate surface area is 123 Å². The second kappa shape index (κ2) is 6.24. The fraction of sp³-hybridized carbons (Fsp3) is 0.615. The molecule has 1 heterocycles. The largest absolute Gasteiger partial charge is 0.477 e. The molecule has 1 aliphatic carbocycles. The van der Waals surface area contributed by atoms with E-state index in [9.17, 15) is 13.2 Å². The first-order valence-corrected chi connectivity index (χ1v) is 9.11. The molecule has 112 valence electrons. The Bertz CT molecular complexity index is 573. The van der Waals surface area contributed by atoms with Gasteiger partial charge in [-0.25, -0.2) is 17.9 Å². The average molecular weight is 317 g/mol. The second-order valence-electron chi connectivity index (χ2n) is 5.23. The van der Waals surface area contributed by atoms with Gasteiger partial charge in [0.25, 0.3) is 0 Å². The van der Waals surface area contributed by atoms with Crippen molar-refractivity contribution < 1.29 is 18.3 Å². The standard InChI is InChI=1S/C13H19NO4S2/c1-9(10-5-3-2-4-6-10)14-20(17,18)11-7-8-19-12(11)13(15)16/h7-10,14H,2-6H2,1H3,(H,15,16). The molecule has 0 radical (unpaired) electrons. The molecule has 0 aliphatic heterocycles. The van der Waals surface area contributed by atoms with Crippen LogP contribution in [0, 0.1) is 5.92 Å². The lowest BCUT2D eigenvalue weighted by Crippen LogP contribution is -2.39. The zero-order chi connectivity index (χ0) is 14.8. The van der Waals surface area contributed by atoms with Crippen LogP contribution in [0.2, 0.25) is 0 Å². The van der Waals surface area contributed by atoms with Gasteiger partial charge in [0.05, 0.1) is 0 Å². The van der Waals surface area contributed by atoms with Crippen molar-refractivity contribution in [3.8, 4) is 0 Å². The highest BCUT2D eigenvalue weighted by molar-refractivity contribution is 7.89. The maximum atomic E-state index is 12.3. The van der Waals surface area contributed by atoms with E-state index < -0.39 is 16.0 Å². The molecule has 0 saturated heterocycles. The van der Waals surface area contributed by atoms with Crippen molar-refractivity contribution in [2.75, 3.05) is 0 Å². The van der Waals surface area contributed by atoms with Crippen molar-refractivity contribution >= 4 is 27.3 Å². The normalized spacial score (nSPS) is 18.9. The van der Waals surface area contributed by atoms with Crippen molar-refractivity contribution in [3.63, 3.8) is 0 Å². The molecule has 1 unspecified atom stereocenters. The molecule has 1 fully saturated rings. The van der Waals surface area contributed by atoms with Crippen LogP contribution in [-0.4, -0.2) is 25.5 Å². The van der Waals surface area contributed by atoms with Crippen molar-refractivity contribution in [2.24, 2.45) is 5.92 Å². The van der Waals surface area contributed by atoms with E-state index >= 15 is 0 Å². The Balaban J connectivity index is 2.14. The molecule has 1 aromatic rings. The van der Waals surface area contributed by atoms with Crippen molar-refractivity contribution in [2.45, 2.75) is 50.0 Å². The first-order valence-electron chi connectivity index (χ1n) is 6.75. The third-order valence-corrected chi connectivity index (χ3v) is 6.44. The SMILES string of the molecule is CC(NS(=O)(=O)c1ccsc1C(=O)O)C1CCCCC1. The summed E-state index contributed by atoms with van der Waals surface area (Å²) >= 11 is 0.928.